The zero-order valence-corrected chi connectivity index (χ0v) is 25.9. The Morgan fingerprint density at radius 2 is 1.87 bits per heavy atom. The van der Waals surface area contributed by atoms with Crippen LogP contribution in [0.1, 0.15) is 35.2 Å². The first kappa shape index (κ1) is 35.1. The number of H-pyrrole nitrogens is 1. The van der Waals surface area contributed by atoms with Crippen LogP contribution < -0.4 is 15.7 Å². The number of nitriles is 1. The fraction of sp³-hybridized carbons (Fsp3) is 0.333. The van der Waals surface area contributed by atoms with Crippen molar-refractivity contribution < 1.29 is 41.9 Å². The topological polar surface area (TPSA) is 164 Å². The molecule has 1 aliphatic heterocycles. The Kier molecular flexibility index (Phi) is 10.4. The van der Waals surface area contributed by atoms with Gasteiger partial charge in [-0.1, -0.05) is 12.1 Å². The molecule has 0 fully saturated rings. The van der Waals surface area contributed by atoms with Gasteiger partial charge in [0.2, 0.25) is 5.95 Å². The van der Waals surface area contributed by atoms with E-state index in [1.807, 2.05) is 14.1 Å². The van der Waals surface area contributed by atoms with Crippen molar-refractivity contribution in [1.82, 2.24) is 19.7 Å². The van der Waals surface area contributed by atoms with E-state index in [0.717, 1.165) is 19.2 Å². The zero-order chi connectivity index (χ0) is 34.6. The molecule has 1 unspecified atom stereocenters. The number of amides is 1. The molecular weight excluding hydrogens is 611 g/mol. The van der Waals surface area contributed by atoms with Crippen LogP contribution in [0.5, 0.6) is 0 Å². The molecule has 2 heterocycles. The number of fused-ring (bicyclic) bond motifs is 1. The molecule has 4 rings (SSSR count). The van der Waals surface area contributed by atoms with Crippen LogP contribution in [-0.2, 0) is 31.8 Å². The third kappa shape index (κ3) is 7.26. The fourth-order valence-electron chi connectivity index (χ4n) is 5.18. The van der Waals surface area contributed by atoms with Crippen molar-refractivity contribution in [2.45, 2.75) is 25.7 Å². The summed E-state index contributed by atoms with van der Waals surface area (Å²) in [7, 11) is 8.11. The summed E-state index contributed by atoms with van der Waals surface area (Å²) in [5.41, 5.74) is -0.113. The van der Waals surface area contributed by atoms with Gasteiger partial charge in [0.05, 0.1) is 44.0 Å². The number of rotatable bonds is 7. The molecule has 46 heavy (non-hydrogen) atoms. The number of halogens is 3. The number of nitrogens with one attached hydrogen (secondary N) is 1. The number of hydrogen-bond donors (Lipinski definition) is 1. The molecule has 1 aromatic heterocycles. The molecule has 0 bridgehead atoms. The third-order valence-electron chi connectivity index (χ3n) is 7.21. The average molecular weight is 644 g/mol. The van der Waals surface area contributed by atoms with Crippen molar-refractivity contribution in [3.8, 4) is 6.07 Å². The number of esters is 1. The number of aromatic nitrogens is 3. The van der Waals surface area contributed by atoms with Gasteiger partial charge in [-0.3, -0.25) is 9.69 Å². The van der Waals surface area contributed by atoms with Gasteiger partial charge in [0, 0.05) is 37.5 Å². The summed E-state index contributed by atoms with van der Waals surface area (Å²) in [5, 5.41) is 24.4. The zero-order valence-electron chi connectivity index (χ0n) is 25.9. The lowest BCUT2D eigenvalue weighted by Gasteiger charge is -2.37. The second kappa shape index (κ2) is 13.7. The smallest absolute Gasteiger partial charge is 0.416 e. The molecular formula is C30H32F3N7O6. The maximum atomic E-state index is 13.6. The highest BCUT2D eigenvalue weighted by molar-refractivity contribution is 5.93. The summed E-state index contributed by atoms with van der Waals surface area (Å²) in [6.07, 6.45) is -4.64. The predicted molar refractivity (Wildman–Crippen MR) is 156 cm³/mol. The number of carbonyl (C=O) groups excluding carboxylic acids is 3. The van der Waals surface area contributed by atoms with Crippen LogP contribution in [0.2, 0.25) is 0 Å². The highest BCUT2D eigenvalue weighted by Gasteiger charge is 2.41. The van der Waals surface area contributed by atoms with E-state index in [0.29, 0.717) is 16.7 Å². The SMILES string of the molecule is COC(=O)C1=C(C)N(c2cccc(C(F)(F)F)c2)c2n[nH]c(=O)n2C1c1ccc(C#N)cc1C[N+](C)(C)CC(=O)N(C)C.O=C[O-]. The van der Waals surface area contributed by atoms with Crippen LogP contribution in [-0.4, -0.2) is 84.3 Å². The standard InChI is InChI=1S/C29H30F3N7O4.CH2O2/c1-17-24(26(41)43-6)25(22-11-10-18(14-33)12-19(22)15-39(4,5)16-23(40)36(2)3)38-27(34-35-28(38)42)37(17)21-9-7-8-20(13-21)29(30,31)32;2-1-3/h7-13,25H,15-16H2,1-6H3;1H,(H,2,3). The lowest BCUT2D eigenvalue weighted by Crippen LogP contribution is -2.47. The minimum absolute atomic E-state index is 0.0171. The fourth-order valence-corrected chi connectivity index (χ4v) is 5.18. The Labute approximate surface area is 261 Å². The van der Waals surface area contributed by atoms with Gasteiger partial charge in [0.25, 0.3) is 5.91 Å². The first-order valence-corrected chi connectivity index (χ1v) is 13.5. The molecule has 3 aromatic rings. The van der Waals surface area contributed by atoms with Crippen molar-refractivity contribution in [2.24, 2.45) is 0 Å². The van der Waals surface area contributed by atoms with Gasteiger partial charge in [-0.15, -0.1) is 5.10 Å². The van der Waals surface area contributed by atoms with Crippen LogP contribution in [0.15, 0.2) is 58.5 Å². The second-order valence-electron chi connectivity index (χ2n) is 11.1. The summed E-state index contributed by atoms with van der Waals surface area (Å²) in [5.74, 6) is -0.992. The number of anilines is 2. The third-order valence-corrected chi connectivity index (χ3v) is 7.21. The summed E-state index contributed by atoms with van der Waals surface area (Å²) in [6, 6.07) is 10.2. The monoisotopic (exact) mass is 643 g/mol. The number of likely N-dealkylation sites (N-methyl/N-ethyl adjacent to an activating group) is 2. The van der Waals surface area contributed by atoms with Crippen molar-refractivity contribution in [3.05, 3.63) is 86.5 Å². The van der Waals surface area contributed by atoms with Gasteiger partial charge in [-0.05, 0) is 42.8 Å². The molecule has 1 atom stereocenters. The molecule has 244 valence electrons. The lowest BCUT2D eigenvalue weighted by molar-refractivity contribution is -0.896. The molecule has 1 N–H and O–H groups in total. The van der Waals surface area contributed by atoms with E-state index in [2.05, 4.69) is 16.3 Å². The molecule has 1 aliphatic rings. The summed E-state index contributed by atoms with van der Waals surface area (Å²) < 4.78 is 47.3. The van der Waals surface area contributed by atoms with Gasteiger partial charge in [0.15, 0.2) is 6.54 Å². The number of methoxy groups -OCH3 is 1. The van der Waals surface area contributed by atoms with E-state index in [1.54, 1.807) is 26.2 Å². The number of benzene rings is 2. The van der Waals surface area contributed by atoms with Crippen LogP contribution >= 0.6 is 0 Å². The van der Waals surface area contributed by atoms with Crippen LogP contribution in [0.3, 0.4) is 0 Å². The molecule has 0 spiro atoms. The van der Waals surface area contributed by atoms with Crippen molar-refractivity contribution >= 4 is 30.0 Å². The Balaban J connectivity index is 0.00000185. The quantitative estimate of drug-likeness (QED) is 0.229. The number of carbonyl (C=O) groups is 3. The van der Waals surface area contributed by atoms with Crippen LogP contribution in [0.4, 0.5) is 24.8 Å². The number of ether oxygens (including phenoxy) is 1. The Morgan fingerprint density at radius 3 is 2.43 bits per heavy atom. The molecule has 1 amide bonds. The lowest BCUT2D eigenvalue weighted by atomic mass is 9.89. The van der Waals surface area contributed by atoms with Crippen molar-refractivity contribution in [1.29, 1.82) is 5.26 Å². The molecule has 2 aromatic carbocycles. The van der Waals surface area contributed by atoms with E-state index >= 15 is 0 Å². The second-order valence-corrected chi connectivity index (χ2v) is 11.1. The highest BCUT2D eigenvalue weighted by Crippen LogP contribution is 2.43. The molecule has 0 aliphatic carbocycles. The summed E-state index contributed by atoms with van der Waals surface area (Å²) in [4.78, 5) is 50.3. The van der Waals surface area contributed by atoms with Gasteiger partial charge < -0.3 is 24.0 Å². The molecule has 16 heteroatoms. The average Bonchev–Trinajstić information content (AvgIpc) is 3.36. The number of allylic oxidation sites excluding steroid dienone is 1. The number of hydrogen-bond acceptors (Lipinski definition) is 9. The largest absolute Gasteiger partial charge is 0.554 e. The first-order valence-electron chi connectivity index (χ1n) is 13.5. The number of nitrogens with zero attached hydrogens (tertiary/aromatic N) is 6. The van der Waals surface area contributed by atoms with E-state index in [-0.39, 0.29) is 46.4 Å². The van der Waals surface area contributed by atoms with Crippen molar-refractivity contribution in [3.63, 3.8) is 0 Å². The van der Waals surface area contributed by atoms with Gasteiger partial charge >= 0.3 is 17.8 Å². The molecule has 0 radical (unpaired) electrons. The minimum atomic E-state index is -4.64. The van der Waals surface area contributed by atoms with E-state index < -0.39 is 35.9 Å². The van der Waals surface area contributed by atoms with Gasteiger partial charge in [0.1, 0.15) is 12.6 Å². The van der Waals surface area contributed by atoms with Crippen molar-refractivity contribution in [2.75, 3.05) is 46.7 Å². The number of aromatic amines is 1. The van der Waals surface area contributed by atoms with Crippen LogP contribution in [0.25, 0.3) is 0 Å². The van der Waals surface area contributed by atoms with Gasteiger partial charge in [-0.25, -0.2) is 19.3 Å². The number of quaternary nitrogens is 1. The van der Waals surface area contributed by atoms with Gasteiger partial charge in [-0.2, -0.15) is 18.4 Å². The van der Waals surface area contributed by atoms with E-state index in [9.17, 15) is 32.8 Å². The molecule has 0 saturated carbocycles. The number of carboxylic acid groups (broad SMARTS) is 1. The molecule has 0 saturated heterocycles. The van der Waals surface area contributed by atoms with Crippen LogP contribution in [0, 0.1) is 11.3 Å². The maximum Gasteiger partial charge on any atom is 0.416 e. The summed E-state index contributed by atoms with van der Waals surface area (Å²) >= 11 is 0. The molecule has 13 nitrogen and oxygen atoms in total. The number of alkyl halides is 3. The summed E-state index contributed by atoms with van der Waals surface area (Å²) in [6.45, 7) is 1.38. The Bertz CT molecular complexity index is 1770. The van der Waals surface area contributed by atoms with E-state index in [1.165, 1.54) is 39.5 Å². The normalized spacial score (nSPS) is 14.4. The maximum absolute atomic E-state index is 13.6. The minimum Gasteiger partial charge on any atom is -0.554 e. The first-order chi connectivity index (χ1) is 21.5. The highest BCUT2D eigenvalue weighted by atomic mass is 19.4. The Morgan fingerprint density at radius 1 is 1.22 bits per heavy atom. The van der Waals surface area contributed by atoms with E-state index in [4.69, 9.17) is 14.6 Å². The Hall–Kier alpha value is -5.43. The predicted octanol–water partition coefficient (Wildman–Crippen LogP) is 1.68.